The maximum absolute atomic E-state index is 12.7. The molecule has 2 rings (SSSR count). The minimum atomic E-state index is -0.432. The van der Waals surface area contributed by atoms with Gasteiger partial charge in [0.15, 0.2) is 6.10 Å². The van der Waals surface area contributed by atoms with Crippen LogP contribution in [0.15, 0.2) is 18.2 Å². The van der Waals surface area contributed by atoms with Crippen LogP contribution in [0.5, 0.6) is 5.75 Å². The van der Waals surface area contributed by atoms with Gasteiger partial charge in [-0.2, -0.15) is 0 Å². The molecule has 25 heavy (non-hydrogen) atoms. The summed E-state index contributed by atoms with van der Waals surface area (Å²) < 4.78 is 5.94. The number of likely N-dealkylation sites (tertiary alicyclic amines) is 1. The number of ether oxygens (including phenoxy) is 1. The Labute approximate surface area is 152 Å². The van der Waals surface area contributed by atoms with E-state index < -0.39 is 6.10 Å². The minimum absolute atomic E-state index is 0.109. The van der Waals surface area contributed by atoms with Crippen LogP contribution in [0.2, 0.25) is 0 Å². The van der Waals surface area contributed by atoms with Crippen LogP contribution in [0.25, 0.3) is 0 Å². The predicted molar refractivity (Wildman–Crippen MR) is 103 cm³/mol. The summed E-state index contributed by atoms with van der Waals surface area (Å²) in [5.41, 5.74) is 2.55. The van der Waals surface area contributed by atoms with Crippen molar-refractivity contribution in [2.45, 2.75) is 59.0 Å². The number of rotatable bonds is 7. The highest BCUT2D eigenvalue weighted by Crippen LogP contribution is 2.25. The van der Waals surface area contributed by atoms with Crippen molar-refractivity contribution in [2.24, 2.45) is 5.92 Å². The molecule has 0 aliphatic carbocycles. The maximum atomic E-state index is 12.7. The Bertz CT molecular complexity index is 563. The Kier molecular flexibility index (Phi) is 7.30. The third kappa shape index (κ3) is 5.46. The van der Waals surface area contributed by atoms with Crippen LogP contribution in [0.1, 0.15) is 57.1 Å². The molecule has 0 aromatic heterocycles. The lowest BCUT2D eigenvalue weighted by molar-refractivity contribution is -0.139. The van der Waals surface area contributed by atoms with E-state index in [4.69, 9.17) is 4.74 Å². The first-order valence-electron chi connectivity index (χ1n) is 9.63. The fraction of sp³-hybridized carbons (Fsp3) is 0.667. The van der Waals surface area contributed by atoms with Gasteiger partial charge in [0.25, 0.3) is 5.91 Å². The molecule has 0 saturated carbocycles. The zero-order valence-electron chi connectivity index (χ0n) is 16.5. The quantitative estimate of drug-likeness (QED) is 0.818. The topological polar surface area (TPSA) is 41.6 Å². The molecule has 1 N–H and O–H groups in total. The second-order valence-corrected chi connectivity index (χ2v) is 7.59. The molecule has 1 aliphatic heterocycles. The van der Waals surface area contributed by atoms with Crippen molar-refractivity contribution in [3.63, 3.8) is 0 Å². The molecule has 1 saturated heterocycles. The molecule has 1 aromatic carbocycles. The molecule has 1 heterocycles. The summed E-state index contributed by atoms with van der Waals surface area (Å²) in [7, 11) is 1.99. The van der Waals surface area contributed by atoms with Gasteiger partial charge in [0.2, 0.25) is 0 Å². The van der Waals surface area contributed by atoms with Crippen molar-refractivity contribution >= 4 is 5.91 Å². The van der Waals surface area contributed by atoms with Crippen LogP contribution in [0.3, 0.4) is 0 Å². The zero-order valence-corrected chi connectivity index (χ0v) is 16.5. The van der Waals surface area contributed by atoms with E-state index in [1.807, 2.05) is 31.0 Å². The number of amides is 1. The van der Waals surface area contributed by atoms with Crippen LogP contribution in [-0.4, -0.2) is 43.6 Å². The number of hydrogen-bond donors (Lipinski definition) is 1. The molecule has 0 spiro atoms. The smallest absolute Gasteiger partial charge is 0.263 e. The van der Waals surface area contributed by atoms with Crippen molar-refractivity contribution in [1.82, 2.24) is 10.2 Å². The fourth-order valence-electron chi connectivity index (χ4n) is 3.67. The van der Waals surface area contributed by atoms with E-state index in [0.717, 1.165) is 44.1 Å². The Morgan fingerprint density at radius 3 is 2.52 bits per heavy atom. The van der Waals surface area contributed by atoms with E-state index in [1.54, 1.807) is 0 Å². The first-order valence-corrected chi connectivity index (χ1v) is 9.63. The molecule has 0 radical (unpaired) electrons. The first-order chi connectivity index (χ1) is 11.9. The minimum Gasteiger partial charge on any atom is -0.481 e. The zero-order chi connectivity index (χ0) is 18.4. The lowest BCUT2D eigenvalue weighted by Gasteiger charge is -2.33. The predicted octanol–water partition coefficient (Wildman–Crippen LogP) is 3.73. The molecule has 1 unspecified atom stereocenters. The van der Waals surface area contributed by atoms with Gasteiger partial charge in [0.05, 0.1) is 0 Å². The van der Waals surface area contributed by atoms with Gasteiger partial charge in [0, 0.05) is 13.1 Å². The van der Waals surface area contributed by atoms with Crippen molar-refractivity contribution in [1.29, 1.82) is 0 Å². The Hall–Kier alpha value is -1.55. The Balaban J connectivity index is 1.87. The second-order valence-electron chi connectivity index (χ2n) is 7.59. The van der Waals surface area contributed by atoms with E-state index in [2.05, 4.69) is 32.2 Å². The van der Waals surface area contributed by atoms with Gasteiger partial charge in [-0.15, -0.1) is 0 Å². The summed E-state index contributed by atoms with van der Waals surface area (Å²) in [6, 6.07) is 6.14. The largest absolute Gasteiger partial charge is 0.481 e. The lowest BCUT2D eigenvalue weighted by Crippen LogP contribution is -2.45. The van der Waals surface area contributed by atoms with Crippen LogP contribution >= 0.6 is 0 Å². The van der Waals surface area contributed by atoms with E-state index in [9.17, 15) is 4.79 Å². The van der Waals surface area contributed by atoms with Crippen LogP contribution in [0.4, 0.5) is 0 Å². The highest BCUT2D eigenvalue weighted by Gasteiger charge is 2.26. The number of carbonyl (C=O) groups excluding carboxylic acids is 1. The highest BCUT2D eigenvalue weighted by molar-refractivity contribution is 5.81. The standard InChI is InChI=1S/C21H34N2O2/c1-15(2)20-7-6-19(14-16(20)3)25-17(4)21(24)23-12-9-18(10-13-23)8-11-22-5/h6-7,14-15,17-18,22H,8-13H2,1-5H3. The molecule has 4 nitrogen and oxygen atoms in total. The maximum Gasteiger partial charge on any atom is 0.263 e. The summed E-state index contributed by atoms with van der Waals surface area (Å²) in [6.45, 7) is 11.1. The van der Waals surface area contributed by atoms with Gasteiger partial charge in [-0.05, 0) is 81.8 Å². The van der Waals surface area contributed by atoms with Gasteiger partial charge < -0.3 is 15.0 Å². The van der Waals surface area contributed by atoms with Crippen LogP contribution in [-0.2, 0) is 4.79 Å². The summed E-state index contributed by atoms with van der Waals surface area (Å²) in [4.78, 5) is 14.6. The first kappa shape index (κ1) is 19.8. The molecular weight excluding hydrogens is 312 g/mol. The number of piperidine rings is 1. The number of nitrogens with one attached hydrogen (secondary N) is 1. The normalized spacial score (nSPS) is 17.0. The fourth-order valence-corrected chi connectivity index (χ4v) is 3.67. The summed E-state index contributed by atoms with van der Waals surface area (Å²) in [5, 5.41) is 3.21. The van der Waals surface area contributed by atoms with Gasteiger partial charge in [-0.3, -0.25) is 4.79 Å². The van der Waals surface area contributed by atoms with Crippen molar-refractivity contribution in [3.05, 3.63) is 29.3 Å². The number of hydrogen-bond acceptors (Lipinski definition) is 3. The van der Waals surface area contributed by atoms with E-state index in [0.29, 0.717) is 5.92 Å². The average molecular weight is 347 g/mol. The molecule has 0 bridgehead atoms. The van der Waals surface area contributed by atoms with Crippen molar-refractivity contribution in [3.8, 4) is 5.75 Å². The molecular formula is C21H34N2O2. The number of aryl methyl sites for hydroxylation is 1. The molecule has 1 aromatic rings. The molecule has 4 heteroatoms. The SMILES string of the molecule is CNCCC1CCN(C(=O)C(C)Oc2ccc(C(C)C)c(C)c2)CC1. The van der Waals surface area contributed by atoms with Crippen molar-refractivity contribution < 1.29 is 9.53 Å². The average Bonchev–Trinajstić information content (AvgIpc) is 2.59. The molecule has 1 fully saturated rings. The number of nitrogens with zero attached hydrogens (tertiary/aromatic N) is 1. The molecule has 140 valence electrons. The van der Waals surface area contributed by atoms with Crippen molar-refractivity contribution in [2.75, 3.05) is 26.7 Å². The van der Waals surface area contributed by atoms with Gasteiger partial charge in [0.1, 0.15) is 5.75 Å². The highest BCUT2D eigenvalue weighted by atomic mass is 16.5. The number of carbonyl (C=O) groups is 1. The van der Waals surface area contributed by atoms with E-state index >= 15 is 0 Å². The lowest BCUT2D eigenvalue weighted by atomic mass is 9.93. The van der Waals surface area contributed by atoms with E-state index in [-0.39, 0.29) is 5.91 Å². The van der Waals surface area contributed by atoms with Crippen LogP contribution < -0.4 is 10.1 Å². The van der Waals surface area contributed by atoms with Crippen LogP contribution in [0, 0.1) is 12.8 Å². The van der Waals surface area contributed by atoms with Gasteiger partial charge in [-0.25, -0.2) is 0 Å². The summed E-state index contributed by atoms with van der Waals surface area (Å²) >= 11 is 0. The third-order valence-electron chi connectivity index (χ3n) is 5.25. The van der Waals surface area contributed by atoms with E-state index in [1.165, 1.54) is 17.5 Å². The van der Waals surface area contributed by atoms with Gasteiger partial charge >= 0.3 is 0 Å². The monoisotopic (exact) mass is 346 g/mol. The third-order valence-corrected chi connectivity index (χ3v) is 5.25. The number of benzene rings is 1. The molecule has 1 amide bonds. The molecule has 1 aliphatic rings. The molecule has 1 atom stereocenters. The Morgan fingerprint density at radius 2 is 1.96 bits per heavy atom. The summed E-state index contributed by atoms with van der Waals surface area (Å²) in [6.07, 6.45) is 2.97. The second kappa shape index (κ2) is 9.23. The summed E-state index contributed by atoms with van der Waals surface area (Å²) in [5.74, 6) is 2.13. The Morgan fingerprint density at radius 1 is 1.28 bits per heavy atom. The van der Waals surface area contributed by atoms with Gasteiger partial charge in [-0.1, -0.05) is 19.9 Å².